The van der Waals surface area contributed by atoms with Gasteiger partial charge in [0.2, 0.25) is 10.0 Å². The molecule has 2 heterocycles. The minimum Gasteiger partial charge on any atom is -0.314 e. The summed E-state index contributed by atoms with van der Waals surface area (Å²) in [6.07, 6.45) is 5.82. The van der Waals surface area contributed by atoms with Crippen LogP contribution in [0.1, 0.15) is 19.3 Å². The predicted octanol–water partition coefficient (Wildman–Crippen LogP) is -0.170. The van der Waals surface area contributed by atoms with Crippen molar-refractivity contribution in [3.63, 3.8) is 0 Å². The standard InChI is InChI=1S/C9H16N4O2S/c14-16(15,9-6-11-12-7-9)13-5-3-8-2-1-4-10-8/h6-8,10,13H,1-5H2,(H,11,12)/t8-/m1/s1. The smallest absolute Gasteiger partial charge is 0.243 e. The van der Waals surface area contributed by atoms with E-state index < -0.39 is 10.0 Å². The van der Waals surface area contributed by atoms with E-state index in [0.717, 1.165) is 19.4 Å². The van der Waals surface area contributed by atoms with Crippen LogP contribution >= 0.6 is 0 Å². The number of H-pyrrole nitrogens is 1. The van der Waals surface area contributed by atoms with Gasteiger partial charge >= 0.3 is 0 Å². The molecule has 1 aliphatic rings. The minimum atomic E-state index is -3.38. The molecule has 1 aromatic rings. The van der Waals surface area contributed by atoms with Gasteiger partial charge in [-0.15, -0.1) is 0 Å². The van der Waals surface area contributed by atoms with E-state index in [1.807, 2.05) is 0 Å². The van der Waals surface area contributed by atoms with Crippen molar-refractivity contribution in [3.8, 4) is 0 Å². The Morgan fingerprint density at radius 1 is 1.56 bits per heavy atom. The van der Waals surface area contributed by atoms with Gasteiger partial charge in [-0.05, 0) is 25.8 Å². The molecule has 2 rings (SSSR count). The lowest BCUT2D eigenvalue weighted by Crippen LogP contribution is -2.30. The molecule has 0 spiro atoms. The van der Waals surface area contributed by atoms with Crippen LogP contribution in [-0.4, -0.2) is 37.7 Å². The third-order valence-electron chi connectivity index (χ3n) is 2.73. The number of nitrogens with zero attached hydrogens (tertiary/aromatic N) is 1. The first-order valence-corrected chi connectivity index (χ1v) is 6.88. The van der Waals surface area contributed by atoms with Gasteiger partial charge in [-0.3, -0.25) is 5.10 Å². The van der Waals surface area contributed by atoms with Crippen LogP contribution < -0.4 is 10.0 Å². The monoisotopic (exact) mass is 244 g/mol. The zero-order chi connectivity index (χ0) is 11.4. The molecule has 1 aromatic heterocycles. The van der Waals surface area contributed by atoms with Crippen LogP contribution in [0.3, 0.4) is 0 Å². The molecule has 90 valence electrons. The number of hydrogen-bond donors (Lipinski definition) is 3. The molecule has 0 saturated carbocycles. The Morgan fingerprint density at radius 3 is 3.06 bits per heavy atom. The lowest BCUT2D eigenvalue weighted by Gasteiger charge is -2.10. The summed E-state index contributed by atoms with van der Waals surface area (Å²) < 4.78 is 25.9. The normalized spacial score (nSPS) is 21.4. The average molecular weight is 244 g/mol. The fourth-order valence-corrected chi connectivity index (χ4v) is 2.79. The molecule has 1 atom stereocenters. The average Bonchev–Trinajstić information content (AvgIpc) is 2.90. The molecule has 16 heavy (non-hydrogen) atoms. The molecule has 0 aromatic carbocycles. The summed E-state index contributed by atoms with van der Waals surface area (Å²) in [7, 11) is -3.38. The summed E-state index contributed by atoms with van der Waals surface area (Å²) in [6.45, 7) is 1.50. The van der Waals surface area contributed by atoms with Gasteiger partial charge in [0.25, 0.3) is 0 Å². The molecular weight excluding hydrogens is 228 g/mol. The second-order valence-corrected chi connectivity index (χ2v) is 5.68. The number of aromatic amines is 1. The number of sulfonamides is 1. The van der Waals surface area contributed by atoms with Crippen LogP contribution in [0.15, 0.2) is 17.3 Å². The van der Waals surface area contributed by atoms with E-state index in [9.17, 15) is 8.42 Å². The minimum absolute atomic E-state index is 0.187. The van der Waals surface area contributed by atoms with Gasteiger partial charge in [-0.25, -0.2) is 13.1 Å². The van der Waals surface area contributed by atoms with Gasteiger partial charge < -0.3 is 5.32 Å². The summed E-state index contributed by atoms with van der Waals surface area (Å²) in [4.78, 5) is 0.187. The maximum absolute atomic E-state index is 11.7. The van der Waals surface area contributed by atoms with Crippen LogP contribution in [0.5, 0.6) is 0 Å². The van der Waals surface area contributed by atoms with E-state index in [2.05, 4.69) is 20.2 Å². The Bertz CT molecular complexity index is 409. The topological polar surface area (TPSA) is 86.9 Å². The SMILES string of the molecule is O=S(=O)(NCC[C@H]1CCCN1)c1cn[nH]c1. The van der Waals surface area contributed by atoms with Crippen molar-refractivity contribution in [2.45, 2.75) is 30.2 Å². The van der Waals surface area contributed by atoms with Crippen molar-refractivity contribution < 1.29 is 8.42 Å². The van der Waals surface area contributed by atoms with Gasteiger partial charge in [-0.2, -0.15) is 5.10 Å². The highest BCUT2D eigenvalue weighted by atomic mass is 32.2. The summed E-state index contributed by atoms with van der Waals surface area (Å²) in [6, 6.07) is 0.451. The highest BCUT2D eigenvalue weighted by Crippen LogP contribution is 2.09. The summed E-state index contributed by atoms with van der Waals surface area (Å²) in [5, 5.41) is 9.43. The van der Waals surface area contributed by atoms with E-state index in [-0.39, 0.29) is 4.90 Å². The number of rotatable bonds is 5. The molecule has 0 bridgehead atoms. The largest absolute Gasteiger partial charge is 0.314 e. The van der Waals surface area contributed by atoms with Crippen LogP contribution in [0, 0.1) is 0 Å². The Balaban J connectivity index is 1.81. The fourth-order valence-electron chi connectivity index (χ4n) is 1.84. The zero-order valence-corrected chi connectivity index (χ0v) is 9.76. The third-order valence-corrected chi connectivity index (χ3v) is 4.16. The van der Waals surface area contributed by atoms with Gasteiger partial charge in [0.1, 0.15) is 4.90 Å². The first-order valence-electron chi connectivity index (χ1n) is 5.40. The molecule has 6 nitrogen and oxygen atoms in total. The highest BCUT2D eigenvalue weighted by Gasteiger charge is 2.17. The van der Waals surface area contributed by atoms with Crippen molar-refractivity contribution in [2.24, 2.45) is 0 Å². The van der Waals surface area contributed by atoms with Crippen molar-refractivity contribution in [1.29, 1.82) is 0 Å². The highest BCUT2D eigenvalue weighted by molar-refractivity contribution is 7.89. The van der Waals surface area contributed by atoms with E-state index >= 15 is 0 Å². The van der Waals surface area contributed by atoms with Crippen LogP contribution in [-0.2, 0) is 10.0 Å². The third kappa shape index (κ3) is 2.81. The summed E-state index contributed by atoms with van der Waals surface area (Å²) in [5.41, 5.74) is 0. The Labute approximate surface area is 94.9 Å². The molecule has 7 heteroatoms. The van der Waals surface area contributed by atoms with Crippen LogP contribution in [0.2, 0.25) is 0 Å². The van der Waals surface area contributed by atoms with Crippen LogP contribution in [0.25, 0.3) is 0 Å². The fraction of sp³-hybridized carbons (Fsp3) is 0.667. The lowest BCUT2D eigenvalue weighted by molar-refractivity contribution is 0.539. The molecule has 0 radical (unpaired) electrons. The molecule has 0 unspecified atom stereocenters. The number of nitrogens with one attached hydrogen (secondary N) is 3. The number of aromatic nitrogens is 2. The Morgan fingerprint density at radius 2 is 2.44 bits per heavy atom. The maximum atomic E-state index is 11.7. The quantitative estimate of drug-likeness (QED) is 0.671. The van der Waals surface area contributed by atoms with E-state index in [1.54, 1.807) is 0 Å². The van der Waals surface area contributed by atoms with E-state index in [0.29, 0.717) is 12.6 Å². The van der Waals surface area contributed by atoms with Crippen molar-refractivity contribution in [1.82, 2.24) is 20.2 Å². The van der Waals surface area contributed by atoms with Gasteiger partial charge in [-0.1, -0.05) is 0 Å². The molecule has 1 saturated heterocycles. The van der Waals surface area contributed by atoms with Crippen molar-refractivity contribution >= 4 is 10.0 Å². The second kappa shape index (κ2) is 4.94. The van der Waals surface area contributed by atoms with E-state index in [4.69, 9.17) is 0 Å². The number of hydrogen-bond acceptors (Lipinski definition) is 4. The molecule has 1 aliphatic heterocycles. The van der Waals surface area contributed by atoms with Crippen LogP contribution in [0.4, 0.5) is 0 Å². The Kier molecular flexibility index (Phi) is 3.57. The Hall–Kier alpha value is -0.920. The first-order chi connectivity index (χ1) is 7.68. The van der Waals surface area contributed by atoms with Gasteiger partial charge in [0, 0.05) is 18.8 Å². The van der Waals surface area contributed by atoms with Crippen molar-refractivity contribution in [3.05, 3.63) is 12.4 Å². The van der Waals surface area contributed by atoms with Gasteiger partial charge in [0.05, 0.1) is 6.20 Å². The molecule has 1 fully saturated rings. The molecule has 0 amide bonds. The summed E-state index contributed by atoms with van der Waals surface area (Å²) >= 11 is 0. The van der Waals surface area contributed by atoms with E-state index in [1.165, 1.54) is 18.8 Å². The molecular formula is C9H16N4O2S. The molecule has 3 N–H and O–H groups in total. The molecule has 0 aliphatic carbocycles. The summed E-state index contributed by atoms with van der Waals surface area (Å²) in [5.74, 6) is 0. The maximum Gasteiger partial charge on any atom is 0.243 e. The van der Waals surface area contributed by atoms with Crippen molar-refractivity contribution in [2.75, 3.05) is 13.1 Å². The first kappa shape index (κ1) is 11.6. The lowest BCUT2D eigenvalue weighted by atomic mass is 10.2. The zero-order valence-electron chi connectivity index (χ0n) is 8.94. The second-order valence-electron chi connectivity index (χ2n) is 3.91. The van der Waals surface area contributed by atoms with Gasteiger partial charge in [0.15, 0.2) is 0 Å². The predicted molar refractivity (Wildman–Crippen MR) is 59.4 cm³/mol.